The lowest BCUT2D eigenvalue weighted by Gasteiger charge is -2.26. The fourth-order valence-electron chi connectivity index (χ4n) is 1.71. The van der Waals surface area contributed by atoms with Crippen molar-refractivity contribution in [3.05, 3.63) is 18.2 Å². The Morgan fingerprint density at radius 3 is 2.47 bits per heavy atom. The lowest BCUT2D eigenvalue weighted by Crippen LogP contribution is -2.40. The van der Waals surface area contributed by atoms with Crippen molar-refractivity contribution in [3.8, 4) is 0 Å². The maximum atomic E-state index is 12.3. The molecule has 94 valence electrons. The molecule has 1 heterocycles. The molecule has 1 aliphatic heterocycles. The Kier molecular flexibility index (Phi) is 3.23. The number of morpholine rings is 1. The van der Waals surface area contributed by atoms with Gasteiger partial charge in [-0.15, -0.1) is 0 Å². The molecule has 1 saturated heterocycles. The first-order chi connectivity index (χ1) is 8.03. The van der Waals surface area contributed by atoms with Gasteiger partial charge in [0, 0.05) is 13.1 Å². The normalized spacial score (nSPS) is 18.1. The molecule has 0 aliphatic carbocycles. The minimum atomic E-state index is -3.57. The molecule has 0 spiro atoms. The van der Waals surface area contributed by atoms with Crippen molar-refractivity contribution in [2.75, 3.05) is 37.8 Å². The number of hydrogen-bond donors (Lipinski definition) is 2. The van der Waals surface area contributed by atoms with Crippen LogP contribution in [0, 0.1) is 0 Å². The van der Waals surface area contributed by atoms with Gasteiger partial charge < -0.3 is 16.2 Å². The molecule has 17 heavy (non-hydrogen) atoms. The second-order valence-corrected chi connectivity index (χ2v) is 5.68. The molecule has 0 atom stereocenters. The molecule has 1 fully saturated rings. The van der Waals surface area contributed by atoms with Crippen LogP contribution in [0.1, 0.15) is 0 Å². The number of nitrogens with two attached hydrogens (primary N) is 2. The van der Waals surface area contributed by atoms with E-state index in [1.165, 1.54) is 10.4 Å². The van der Waals surface area contributed by atoms with Crippen molar-refractivity contribution in [1.82, 2.24) is 4.31 Å². The van der Waals surface area contributed by atoms with Gasteiger partial charge in [0.25, 0.3) is 0 Å². The molecule has 1 aromatic carbocycles. The number of rotatable bonds is 2. The highest BCUT2D eigenvalue weighted by molar-refractivity contribution is 7.89. The Balaban J connectivity index is 2.40. The van der Waals surface area contributed by atoms with Crippen LogP contribution in [0.25, 0.3) is 0 Å². The molecule has 6 nitrogen and oxygen atoms in total. The Hall–Kier alpha value is -1.31. The maximum absolute atomic E-state index is 12.3. The fourth-order valence-corrected chi connectivity index (χ4v) is 3.27. The van der Waals surface area contributed by atoms with Crippen molar-refractivity contribution in [1.29, 1.82) is 0 Å². The summed E-state index contributed by atoms with van der Waals surface area (Å²) in [6.07, 6.45) is 0. The molecule has 0 radical (unpaired) electrons. The molecular weight excluding hydrogens is 242 g/mol. The summed E-state index contributed by atoms with van der Waals surface area (Å²) in [4.78, 5) is 0.0689. The van der Waals surface area contributed by atoms with Crippen LogP contribution in [0.5, 0.6) is 0 Å². The smallest absolute Gasteiger partial charge is 0.245 e. The van der Waals surface area contributed by atoms with Gasteiger partial charge in [-0.3, -0.25) is 0 Å². The van der Waals surface area contributed by atoms with Gasteiger partial charge in [-0.05, 0) is 12.1 Å². The quantitative estimate of drug-likeness (QED) is 0.719. The predicted molar refractivity (Wildman–Crippen MR) is 64.8 cm³/mol. The van der Waals surface area contributed by atoms with Gasteiger partial charge in [-0.25, -0.2) is 8.42 Å². The van der Waals surface area contributed by atoms with Crippen LogP contribution in [0.4, 0.5) is 11.4 Å². The molecular formula is C10H15N3O3S. The minimum absolute atomic E-state index is 0.0689. The summed E-state index contributed by atoms with van der Waals surface area (Å²) in [6, 6.07) is 4.63. The number of para-hydroxylation sites is 1. The first-order valence-corrected chi connectivity index (χ1v) is 6.69. The van der Waals surface area contributed by atoms with Crippen molar-refractivity contribution < 1.29 is 13.2 Å². The highest BCUT2D eigenvalue weighted by Gasteiger charge is 2.28. The van der Waals surface area contributed by atoms with Crippen molar-refractivity contribution >= 4 is 21.4 Å². The standard InChI is InChI=1S/C10H15N3O3S/c11-8-2-1-3-9(10(8)12)17(14,15)13-4-6-16-7-5-13/h1-3H,4-7,11-12H2. The largest absolute Gasteiger partial charge is 0.397 e. The van der Waals surface area contributed by atoms with Crippen LogP contribution in [0.2, 0.25) is 0 Å². The van der Waals surface area contributed by atoms with Gasteiger partial charge in [-0.1, -0.05) is 6.07 Å². The number of hydrogen-bond acceptors (Lipinski definition) is 5. The first kappa shape index (κ1) is 12.2. The van der Waals surface area contributed by atoms with Gasteiger partial charge in [0.15, 0.2) is 0 Å². The summed E-state index contributed by atoms with van der Waals surface area (Å²) in [5.74, 6) is 0. The van der Waals surface area contributed by atoms with E-state index in [1.807, 2.05) is 0 Å². The molecule has 1 aromatic rings. The molecule has 0 unspecified atom stereocenters. The van der Waals surface area contributed by atoms with E-state index in [1.54, 1.807) is 12.1 Å². The summed E-state index contributed by atoms with van der Waals surface area (Å²) in [5, 5.41) is 0. The van der Waals surface area contributed by atoms with Gasteiger partial charge >= 0.3 is 0 Å². The summed E-state index contributed by atoms with van der Waals surface area (Å²) in [5.41, 5.74) is 11.7. The third-order valence-corrected chi connectivity index (χ3v) is 4.64. The van der Waals surface area contributed by atoms with Crippen molar-refractivity contribution in [2.24, 2.45) is 0 Å². The molecule has 0 saturated carbocycles. The Morgan fingerprint density at radius 2 is 1.82 bits per heavy atom. The Labute approximate surface area is 100 Å². The molecule has 4 N–H and O–H groups in total. The van der Waals surface area contributed by atoms with Gasteiger partial charge in [-0.2, -0.15) is 4.31 Å². The van der Waals surface area contributed by atoms with Crippen molar-refractivity contribution in [2.45, 2.75) is 4.90 Å². The molecule has 1 aliphatic rings. The number of benzene rings is 1. The zero-order chi connectivity index (χ0) is 12.5. The zero-order valence-corrected chi connectivity index (χ0v) is 10.1. The topological polar surface area (TPSA) is 98.7 Å². The van der Waals surface area contributed by atoms with Crippen LogP contribution in [0.3, 0.4) is 0 Å². The van der Waals surface area contributed by atoms with E-state index in [9.17, 15) is 8.42 Å². The third-order valence-electron chi connectivity index (χ3n) is 2.69. The zero-order valence-electron chi connectivity index (χ0n) is 9.30. The van der Waals surface area contributed by atoms with Crippen LogP contribution in [-0.2, 0) is 14.8 Å². The molecule has 2 rings (SSSR count). The van der Waals surface area contributed by atoms with Gasteiger partial charge in [0.2, 0.25) is 10.0 Å². The fraction of sp³-hybridized carbons (Fsp3) is 0.400. The lowest BCUT2D eigenvalue weighted by atomic mass is 10.3. The number of ether oxygens (including phenoxy) is 1. The molecule has 0 aromatic heterocycles. The summed E-state index contributed by atoms with van der Waals surface area (Å²) < 4.78 is 31.1. The predicted octanol–water partition coefficient (Wildman–Crippen LogP) is -0.128. The highest BCUT2D eigenvalue weighted by atomic mass is 32.2. The molecule has 0 bridgehead atoms. The van der Waals surface area contributed by atoms with Crippen LogP contribution in [-0.4, -0.2) is 39.0 Å². The second-order valence-electron chi connectivity index (χ2n) is 3.78. The minimum Gasteiger partial charge on any atom is -0.397 e. The van der Waals surface area contributed by atoms with Crippen molar-refractivity contribution in [3.63, 3.8) is 0 Å². The number of nitrogen functional groups attached to an aromatic ring is 2. The van der Waals surface area contributed by atoms with E-state index >= 15 is 0 Å². The Bertz CT molecular complexity index is 510. The SMILES string of the molecule is Nc1cccc(S(=O)(=O)N2CCOCC2)c1N. The van der Waals surface area contributed by atoms with E-state index < -0.39 is 10.0 Å². The lowest BCUT2D eigenvalue weighted by molar-refractivity contribution is 0.0730. The van der Waals surface area contributed by atoms with E-state index in [-0.39, 0.29) is 16.3 Å². The van der Waals surface area contributed by atoms with Crippen LogP contribution >= 0.6 is 0 Å². The molecule has 7 heteroatoms. The second kappa shape index (κ2) is 4.52. The average molecular weight is 257 g/mol. The van der Waals surface area contributed by atoms with E-state index in [0.717, 1.165) is 0 Å². The third kappa shape index (κ3) is 2.21. The summed E-state index contributed by atoms with van der Waals surface area (Å²) >= 11 is 0. The molecule has 0 amide bonds. The van der Waals surface area contributed by atoms with Crippen LogP contribution in [0.15, 0.2) is 23.1 Å². The Morgan fingerprint density at radius 1 is 1.18 bits per heavy atom. The summed E-state index contributed by atoms with van der Waals surface area (Å²) in [7, 11) is -3.57. The number of nitrogens with zero attached hydrogens (tertiary/aromatic N) is 1. The maximum Gasteiger partial charge on any atom is 0.245 e. The first-order valence-electron chi connectivity index (χ1n) is 5.25. The van der Waals surface area contributed by atoms with E-state index in [2.05, 4.69) is 0 Å². The monoisotopic (exact) mass is 257 g/mol. The van der Waals surface area contributed by atoms with Gasteiger partial charge in [0.1, 0.15) is 4.90 Å². The average Bonchev–Trinajstić information content (AvgIpc) is 2.33. The number of sulfonamides is 1. The van der Waals surface area contributed by atoms with E-state index in [0.29, 0.717) is 26.3 Å². The van der Waals surface area contributed by atoms with Crippen LogP contribution < -0.4 is 11.5 Å². The van der Waals surface area contributed by atoms with Gasteiger partial charge in [0.05, 0.1) is 24.6 Å². The van der Waals surface area contributed by atoms with E-state index in [4.69, 9.17) is 16.2 Å². The highest BCUT2D eigenvalue weighted by Crippen LogP contribution is 2.27. The number of anilines is 2. The summed E-state index contributed by atoms with van der Waals surface area (Å²) in [6.45, 7) is 1.50.